The second kappa shape index (κ2) is 8.33. The molecule has 3 heterocycles. The summed E-state index contributed by atoms with van der Waals surface area (Å²) in [6.07, 6.45) is 1.15. The smallest absolute Gasteiger partial charge is 0.356 e. The van der Waals surface area contributed by atoms with E-state index in [1.165, 1.54) is 9.58 Å². The number of aromatic nitrogens is 2. The maximum absolute atomic E-state index is 12.8. The topological polar surface area (TPSA) is 102 Å². The van der Waals surface area contributed by atoms with Gasteiger partial charge in [0.25, 0.3) is 11.8 Å². The summed E-state index contributed by atoms with van der Waals surface area (Å²) in [5.74, 6) is -1.16. The first-order valence-electron chi connectivity index (χ1n) is 10.4. The molecule has 0 fully saturated rings. The third-order valence-electron chi connectivity index (χ3n) is 5.67. The molecule has 0 saturated heterocycles. The Morgan fingerprint density at radius 1 is 1.13 bits per heavy atom. The van der Waals surface area contributed by atoms with E-state index in [0.717, 1.165) is 11.3 Å². The van der Waals surface area contributed by atoms with Crippen LogP contribution in [-0.2, 0) is 29.5 Å². The molecule has 0 bridgehead atoms. The number of amides is 3. The van der Waals surface area contributed by atoms with E-state index in [1.54, 1.807) is 43.1 Å². The number of carbonyl (C=O) groups excluding carboxylic acids is 4. The molecule has 0 aliphatic carbocycles. The van der Waals surface area contributed by atoms with Gasteiger partial charge in [0, 0.05) is 45.1 Å². The highest BCUT2D eigenvalue weighted by Crippen LogP contribution is 2.25. The van der Waals surface area contributed by atoms with Crippen LogP contribution >= 0.6 is 0 Å². The highest BCUT2D eigenvalue weighted by atomic mass is 16.5. The number of hydrogen-bond acceptors (Lipinski definition) is 6. The summed E-state index contributed by atoms with van der Waals surface area (Å²) < 4.78 is 6.64. The summed E-state index contributed by atoms with van der Waals surface area (Å²) >= 11 is 0. The van der Waals surface area contributed by atoms with Crippen molar-refractivity contribution >= 4 is 23.7 Å². The van der Waals surface area contributed by atoms with E-state index >= 15 is 0 Å². The summed E-state index contributed by atoms with van der Waals surface area (Å²) in [4.78, 5) is 52.8. The van der Waals surface area contributed by atoms with Crippen LogP contribution in [0, 0.1) is 0 Å². The minimum atomic E-state index is -0.446. The Morgan fingerprint density at radius 3 is 2.45 bits per heavy atom. The molecule has 4 rings (SSSR count). The SMILES string of the molecule is CCOC(=O)c1c2c(nn1C)CCN(C(=O)CCCN1C(=O)c3ccccc3C1=O)C2. The lowest BCUT2D eigenvalue weighted by atomic mass is 10.0. The molecule has 1 aromatic carbocycles. The number of ether oxygens (including phenoxy) is 1. The first kappa shape index (κ1) is 20.8. The molecule has 162 valence electrons. The van der Waals surface area contributed by atoms with Gasteiger partial charge in [-0.3, -0.25) is 24.0 Å². The lowest BCUT2D eigenvalue weighted by molar-refractivity contribution is -0.132. The fourth-order valence-corrected chi connectivity index (χ4v) is 4.16. The Hall–Kier alpha value is -3.49. The first-order chi connectivity index (χ1) is 14.9. The van der Waals surface area contributed by atoms with E-state index in [9.17, 15) is 19.2 Å². The fraction of sp³-hybridized carbons (Fsp3) is 0.409. The molecule has 2 aliphatic heterocycles. The molecule has 2 aliphatic rings. The number of esters is 1. The molecule has 1 aromatic heterocycles. The Labute approximate surface area is 179 Å². The molecular weight excluding hydrogens is 400 g/mol. The number of fused-ring (bicyclic) bond motifs is 2. The molecule has 0 N–H and O–H groups in total. The van der Waals surface area contributed by atoms with Gasteiger partial charge in [0.05, 0.1) is 23.4 Å². The highest BCUT2D eigenvalue weighted by molar-refractivity contribution is 6.21. The molecule has 0 spiro atoms. The van der Waals surface area contributed by atoms with Crippen molar-refractivity contribution in [1.82, 2.24) is 19.6 Å². The van der Waals surface area contributed by atoms with Crippen LogP contribution < -0.4 is 0 Å². The van der Waals surface area contributed by atoms with Gasteiger partial charge in [-0.15, -0.1) is 0 Å². The lowest BCUT2D eigenvalue weighted by Gasteiger charge is -2.27. The van der Waals surface area contributed by atoms with Gasteiger partial charge in [-0.1, -0.05) is 12.1 Å². The Morgan fingerprint density at radius 2 is 1.81 bits per heavy atom. The van der Waals surface area contributed by atoms with Gasteiger partial charge in [0.1, 0.15) is 0 Å². The third-order valence-corrected chi connectivity index (χ3v) is 5.67. The molecule has 0 saturated carbocycles. The van der Waals surface area contributed by atoms with Crippen LogP contribution in [0.25, 0.3) is 0 Å². The number of hydrogen-bond donors (Lipinski definition) is 0. The van der Waals surface area contributed by atoms with Crippen molar-refractivity contribution in [1.29, 1.82) is 0 Å². The Balaban J connectivity index is 1.37. The van der Waals surface area contributed by atoms with E-state index in [4.69, 9.17) is 4.74 Å². The van der Waals surface area contributed by atoms with Gasteiger partial charge in [-0.25, -0.2) is 4.79 Å². The van der Waals surface area contributed by atoms with E-state index in [1.807, 2.05) is 0 Å². The zero-order valence-electron chi connectivity index (χ0n) is 17.6. The third kappa shape index (κ3) is 3.71. The summed E-state index contributed by atoms with van der Waals surface area (Å²) in [7, 11) is 1.69. The number of nitrogens with zero attached hydrogens (tertiary/aromatic N) is 4. The minimum absolute atomic E-state index is 0.0825. The minimum Gasteiger partial charge on any atom is -0.461 e. The van der Waals surface area contributed by atoms with Gasteiger partial charge in [0.2, 0.25) is 5.91 Å². The summed E-state index contributed by atoms with van der Waals surface area (Å²) in [6, 6.07) is 6.73. The quantitative estimate of drug-likeness (QED) is 0.515. The fourth-order valence-electron chi connectivity index (χ4n) is 4.16. The Kier molecular flexibility index (Phi) is 5.58. The van der Waals surface area contributed by atoms with Crippen molar-refractivity contribution in [2.45, 2.75) is 32.7 Å². The summed E-state index contributed by atoms with van der Waals surface area (Å²) in [6.45, 7) is 3.00. The van der Waals surface area contributed by atoms with Crippen LogP contribution in [0.3, 0.4) is 0 Å². The monoisotopic (exact) mass is 424 g/mol. The molecule has 9 nitrogen and oxygen atoms in total. The highest BCUT2D eigenvalue weighted by Gasteiger charge is 2.35. The number of rotatable bonds is 6. The van der Waals surface area contributed by atoms with Crippen molar-refractivity contribution in [2.24, 2.45) is 7.05 Å². The number of aryl methyl sites for hydroxylation is 1. The predicted octanol–water partition coefficient (Wildman–Crippen LogP) is 1.56. The standard InChI is InChI=1S/C22H24N4O5/c1-3-31-22(30)19-16-13-25(12-10-17(16)23-24(19)2)18(27)9-6-11-26-20(28)14-7-4-5-8-15(14)21(26)29/h4-5,7-8H,3,6,9-13H2,1-2H3. The number of benzene rings is 1. The van der Waals surface area contributed by atoms with Crippen LogP contribution in [0.4, 0.5) is 0 Å². The molecule has 3 amide bonds. The zero-order chi connectivity index (χ0) is 22.1. The first-order valence-corrected chi connectivity index (χ1v) is 10.4. The maximum atomic E-state index is 12.8. The molecule has 9 heteroatoms. The van der Waals surface area contributed by atoms with Gasteiger partial charge in [-0.05, 0) is 25.5 Å². The zero-order valence-corrected chi connectivity index (χ0v) is 17.6. The molecule has 0 unspecified atom stereocenters. The molecular formula is C22H24N4O5. The average molecular weight is 424 g/mol. The summed E-state index contributed by atoms with van der Waals surface area (Å²) in [5, 5.41) is 4.40. The van der Waals surface area contributed by atoms with Gasteiger partial charge < -0.3 is 9.64 Å². The normalized spacial score (nSPS) is 15.2. The van der Waals surface area contributed by atoms with Crippen LogP contribution in [0.1, 0.15) is 62.2 Å². The average Bonchev–Trinajstić information content (AvgIpc) is 3.22. The molecule has 31 heavy (non-hydrogen) atoms. The largest absolute Gasteiger partial charge is 0.461 e. The van der Waals surface area contributed by atoms with E-state index in [-0.39, 0.29) is 37.3 Å². The predicted molar refractivity (Wildman–Crippen MR) is 109 cm³/mol. The van der Waals surface area contributed by atoms with Gasteiger partial charge >= 0.3 is 5.97 Å². The number of carbonyl (C=O) groups is 4. The second-order valence-corrected chi connectivity index (χ2v) is 7.59. The van der Waals surface area contributed by atoms with Crippen molar-refractivity contribution < 1.29 is 23.9 Å². The van der Waals surface area contributed by atoms with Crippen molar-refractivity contribution in [2.75, 3.05) is 19.7 Å². The number of imide groups is 1. The van der Waals surface area contributed by atoms with E-state index in [2.05, 4.69) is 5.10 Å². The van der Waals surface area contributed by atoms with Crippen molar-refractivity contribution in [3.63, 3.8) is 0 Å². The van der Waals surface area contributed by atoms with Crippen LogP contribution in [0.2, 0.25) is 0 Å². The van der Waals surface area contributed by atoms with E-state index < -0.39 is 5.97 Å². The van der Waals surface area contributed by atoms with Crippen molar-refractivity contribution in [3.8, 4) is 0 Å². The van der Waals surface area contributed by atoms with Crippen LogP contribution in [0.15, 0.2) is 24.3 Å². The van der Waals surface area contributed by atoms with Gasteiger partial charge in [0.15, 0.2) is 5.69 Å². The molecule has 2 aromatic rings. The molecule has 0 atom stereocenters. The van der Waals surface area contributed by atoms with Crippen LogP contribution in [0.5, 0.6) is 0 Å². The Bertz CT molecular complexity index is 1040. The summed E-state index contributed by atoms with van der Waals surface area (Å²) in [5.41, 5.74) is 2.72. The van der Waals surface area contributed by atoms with Crippen LogP contribution in [-0.4, -0.2) is 63.0 Å². The lowest BCUT2D eigenvalue weighted by Crippen LogP contribution is -2.37. The molecule has 0 radical (unpaired) electrons. The van der Waals surface area contributed by atoms with E-state index in [0.29, 0.717) is 42.8 Å². The second-order valence-electron chi connectivity index (χ2n) is 7.59. The van der Waals surface area contributed by atoms with Gasteiger partial charge in [-0.2, -0.15) is 5.10 Å². The maximum Gasteiger partial charge on any atom is 0.356 e. The van der Waals surface area contributed by atoms with Crippen molar-refractivity contribution in [3.05, 3.63) is 52.3 Å².